The van der Waals surface area contributed by atoms with Crippen LogP contribution in [0.5, 0.6) is 0 Å². The third kappa shape index (κ3) is 4.54. The summed E-state index contributed by atoms with van der Waals surface area (Å²) in [4.78, 5) is 54.3. The van der Waals surface area contributed by atoms with E-state index in [0.29, 0.717) is 0 Å². The molecule has 4 atom stereocenters. The summed E-state index contributed by atoms with van der Waals surface area (Å²) in [6, 6.07) is 16.9. The van der Waals surface area contributed by atoms with Crippen LogP contribution in [0.1, 0.15) is 49.5 Å². The minimum Gasteiger partial charge on any atom is -0.469 e. The Balaban J connectivity index is 1.90. The van der Waals surface area contributed by atoms with Gasteiger partial charge in [0.05, 0.1) is 33.8 Å². The van der Waals surface area contributed by atoms with Crippen molar-refractivity contribution in [2.24, 2.45) is 10.8 Å². The van der Waals surface area contributed by atoms with Gasteiger partial charge in [-0.05, 0) is 29.4 Å². The number of rotatable bonds is 7. The number of methoxy groups -OCH3 is 3. The first kappa shape index (κ1) is 26.2. The quantitative estimate of drug-likeness (QED) is 0.313. The Hall–Kier alpha value is -3.88. The summed E-state index contributed by atoms with van der Waals surface area (Å²) in [5.41, 5.74) is -1.20. The number of amides is 1. The van der Waals surface area contributed by atoms with Crippen LogP contribution in [0.25, 0.3) is 0 Å². The van der Waals surface area contributed by atoms with Gasteiger partial charge in [0.25, 0.3) is 0 Å². The summed E-state index contributed by atoms with van der Waals surface area (Å²) in [7, 11) is 3.65. The molecular weight excluding hydrogens is 478 g/mol. The summed E-state index contributed by atoms with van der Waals surface area (Å²) < 4.78 is 21.1. The molecule has 0 radical (unpaired) electrons. The lowest BCUT2D eigenvalue weighted by atomic mass is 9.77. The molecule has 1 amide bonds. The SMILES string of the molecule is COC(=O)CC1(C)C[C@@H](N2C(=O)O[C@H](c3ccccc3)[C@@H]2c2ccccc2)C(C(=O)OC)(C(=O)OC)C1. The molecule has 2 fully saturated rings. The molecule has 1 aliphatic heterocycles. The molecule has 1 saturated heterocycles. The van der Waals surface area contributed by atoms with Gasteiger partial charge in [-0.1, -0.05) is 67.6 Å². The van der Waals surface area contributed by atoms with Gasteiger partial charge in [-0.15, -0.1) is 0 Å². The molecule has 0 spiro atoms. The average molecular weight is 510 g/mol. The Morgan fingerprint density at radius 2 is 1.43 bits per heavy atom. The highest BCUT2D eigenvalue weighted by atomic mass is 16.6. The number of nitrogens with zero attached hydrogens (tertiary/aromatic N) is 1. The number of benzene rings is 2. The Morgan fingerprint density at radius 1 is 0.892 bits per heavy atom. The first-order chi connectivity index (χ1) is 17.7. The van der Waals surface area contributed by atoms with Crippen LogP contribution in [-0.2, 0) is 33.3 Å². The van der Waals surface area contributed by atoms with Crippen molar-refractivity contribution >= 4 is 24.0 Å². The van der Waals surface area contributed by atoms with Crippen molar-refractivity contribution in [3.8, 4) is 0 Å². The molecule has 9 nitrogen and oxygen atoms in total. The molecule has 2 aromatic rings. The number of esters is 3. The third-order valence-electron chi connectivity index (χ3n) is 7.49. The smallest absolute Gasteiger partial charge is 0.411 e. The van der Waals surface area contributed by atoms with Gasteiger partial charge in [-0.2, -0.15) is 0 Å². The molecule has 9 heteroatoms. The first-order valence-electron chi connectivity index (χ1n) is 12.0. The highest BCUT2D eigenvalue weighted by Gasteiger charge is 2.68. The summed E-state index contributed by atoms with van der Waals surface area (Å²) in [5.74, 6) is -2.15. The van der Waals surface area contributed by atoms with Crippen LogP contribution in [-0.4, -0.2) is 56.3 Å². The molecule has 0 N–H and O–H groups in total. The fourth-order valence-electron chi connectivity index (χ4n) is 5.95. The Kier molecular flexibility index (Phi) is 7.25. The molecule has 1 unspecified atom stereocenters. The lowest BCUT2D eigenvalue weighted by Crippen LogP contribution is -2.55. The minimum absolute atomic E-state index is 0.0588. The van der Waals surface area contributed by atoms with E-state index in [4.69, 9.17) is 18.9 Å². The van der Waals surface area contributed by atoms with E-state index in [2.05, 4.69) is 0 Å². The predicted octanol–water partition coefficient (Wildman–Crippen LogP) is 3.99. The van der Waals surface area contributed by atoms with Crippen LogP contribution >= 0.6 is 0 Å². The summed E-state index contributed by atoms with van der Waals surface area (Å²) in [5, 5.41) is 0. The van der Waals surface area contributed by atoms with Gasteiger partial charge in [0, 0.05) is 0 Å². The van der Waals surface area contributed by atoms with E-state index < -0.39 is 53.0 Å². The van der Waals surface area contributed by atoms with Crippen LogP contribution in [0.15, 0.2) is 60.7 Å². The molecule has 1 heterocycles. The maximum Gasteiger partial charge on any atom is 0.411 e. The van der Waals surface area contributed by atoms with E-state index in [1.165, 1.54) is 26.2 Å². The maximum atomic E-state index is 13.6. The van der Waals surface area contributed by atoms with Gasteiger partial charge in [0.2, 0.25) is 0 Å². The number of cyclic esters (lactones) is 1. The average Bonchev–Trinajstić information content (AvgIpc) is 3.42. The maximum absolute atomic E-state index is 13.6. The van der Waals surface area contributed by atoms with E-state index in [9.17, 15) is 19.2 Å². The second-order valence-corrected chi connectivity index (χ2v) is 9.89. The van der Waals surface area contributed by atoms with Crippen molar-refractivity contribution in [1.82, 2.24) is 4.90 Å². The molecule has 196 valence electrons. The Morgan fingerprint density at radius 3 is 1.95 bits per heavy atom. The van der Waals surface area contributed by atoms with Crippen molar-refractivity contribution in [2.45, 2.75) is 44.4 Å². The van der Waals surface area contributed by atoms with Crippen molar-refractivity contribution in [2.75, 3.05) is 21.3 Å². The largest absolute Gasteiger partial charge is 0.469 e. The van der Waals surface area contributed by atoms with E-state index in [0.717, 1.165) is 11.1 Å². The molecule has 2 aliphatic rings. The van der Waals surface area contributed by atoms with Crippen molar-refractivity contribution in [3.63, 3.8) is 0 Å². The zero-order valence-corrected chi connectivity index (χ0v) is 21.3. The van der Waals surface area contributed by atoms with Gasteiger partial charge in [0.15, 0.2) is 11.5 Å². The van der Waals surface area contributed by atoms with Gasteiger partial charge in [0.1, 0.15) is 6.04 Å². The lowest BCUT2D eigenvalue weighted by Gasteiger charge is -2.38. The first-order valence-corrected chi connectivity index (χ1v) is 12.0. The Labute approximate surface area is 215 Å². The standard InChI is InChI=1S/C28H31NO8/c1-27(16-21(30)34-2)15-20(28(17-27,24(31)35-3)25(32)36-4)29-22(18-11-7-5-8-12-18)23(37-26(29)33)19-13-9-6-10-14-19/h5-14,20,22-23H,15-17H2,1-4H3/t20-,22+,23-,27?/m1/s1. The number of hydrogen-bond donors (Lipinski definition) is 0. The summed E-state index contributed by atoms with van der Waals surface area (Å²) in [6.45, 7) is 1.79. The van der Waals surface area contributed by atoms with Gasteiger partial charge in [-0.25, -0.2) is 4.79 Å². The molecule has 0 aromatic heterocycles. The Bertz CT molecular complexity index is 1150. The molecule has 37 heavy (non-hydrogen) atoms. The van der Waals surface area contributed by atoms with E-state index in [-0.39, 0.29) is 19.3 Å². The molecule has 1 saturated carbocycles. The van der Waals surface area contributed by atoms with E-state index in [1.54, 1.807) is 6.92 Å². The van der Waals surface area contributed by atoms with Crippen LogP contribution < -0.4 is 0 Å². The number of hydrogen-bond acceptors (Lipinski definition) is 8. The molecule has 2 aromatic carbocycles. The zero-order valence-electron chi connectivity index (χ0n) is 21.3. The van der Waals surface area contributed by atoms with Crippen molar-refractivity contribution in [1.29, 1.82) is 0 Å². The van der Waals surface area contributed by atoms with Crippen LogP contribution in [0.3, 0.4) is 0 Å². The monoisotopic (exact) mass is 509 g/mol. The molecule has 4 rings (SSSR count). The predicted molar refractivity (Wildman–Crippen MR) is 131 cm³/mol. The second-order valence-electron chi connectivity index (χ2n) is 9.89. The fraction of sp³-hybridized carbons (Fsp3) is 0.429. The summed E-state index contributed by atoms with van der Waals surface area (Å²) in [6.07, 6.45) is -1.35. The van der Waals surface area contributed by atoms with Crippen LogP contribution in [0, 0.1) is 10.8 Å². The number of ether oxygens (including phenoxy) is 4. The third-order valence-corrected chi connectivity index (χ3v) is 7.49. The molecular formula is C28H31NO8. The molecule has 1 aliphatic carbocycles. The topological polar surface area (TPSA) is 108 Å². The van der Waals surface area contributed by atoms with E-state index in [1.807, 2.05) is 60.7 Å². The van der Waals surface area contributed by atoms with Crippen molar-refractivity contribution < 1.29 is 38.1 Å². The van der Waals surface area contributed by atoms with Gasteiger partial charge in [-0.3, -0.25) is 19.3 Å². The van der Waals surface area contributed by atoms with Gasteiger partial charge < -0.3 is 18.9 Å². The normalized spacial score (nSPS) is 26.3. The lowest BCUT2D eigenvalue weighted by molar-refractivity contribution is -0.173. The molecule has 0 bridgehead atoms. The van der Waals surface area contributed by atoms with Crippen LogP contribution in [0.2, 0.25) is 0 Å². The highest BCUT2D eigenvalue weighted by Crippen LogP contribution is 2.58. The second kappa shape index (κ2) is 10.2. The summed E-state index contributed by atoms with van der Waals surface area (Å²) >= 11 is 0. The van der Waals surface area contributed by atoms with E-state index >= 15 is 0 Å². The number of carbonyl (C=O) groups excluding carboxylic acids is 4. The minimum atomic E-state index is -1.87. The fourth-order valence-corrected chi connectivity index (χ4v) is 5.95. The van der Waals surface area contributed by atoms with Crippen molar-refractivity contribution in [3.05, 3.63) is 71.8 Å². The van der Waals surface area contributed by atoms with Crippen LogP contribution in [0.4, 0.5) is 4.79 Å². The highest BCUT2D eigenvalue weighted by molar-refractivity contribution is 6.02. The number of carbonyl (C=O) groups is 4. The zero-order chi connectivity index (χ0) is 26.8. The van der Waals surface area contributed by atoms with Gasteiger partial charge >= 0.3 is 24.0 Å².